The van der Waals surface area contributed by atoms with Crippen LogP contribution in [0.15, 0.2) is 60.0 Å². The van der Waals surface area contributed by atoms with Crippen molar-refractivity contribution in [1.82, 2.24) is 19.9 Å². The fraction of sp³-hybridized carbons (Fsp3) is 0.292. The average Bonchev–Trinajstić information content (AvgIpc) is 3.33. The minimum absolute atomic E-state index is 0.628. The lowest BCUT2D eigenvalue weighted by atomic mass is 10.1. The van der Waals surface area contributed by atoms with Gasteiger partial charge in [0.1, 0.15) is 0 Å². The predicted molar refractivity (Wildman–Crippen MR) is 131 cm³/mol. The molecule has 1 unspecified atom stereocenters. The van der Waals surface area contributed by atoms with Crippen LogP contribution in [-0.2, 0) is 22.1 Å². The molecule has 0 fully saturated rings. The van der Waals surface area contributed by atoms with Crippen LogP contribution < -0.4 is 9.80 Å². The van der Waals surface area contributed by atoms with Gasteiger partial charge in [-0.15, -0.1) is 0 Å². The van der Waals surface area contributed by atoms with Crippen molar-refractivity contribution in [3.05, 3.63) is 60.7 Å². The molecule has 1 N–H and O–H groups in total. The first-order chi connectivity index (χ1) is 16.1. The lowest BCUT2D eigenvalue weighted by molar-refractivity contribution is 0.205. The third-order valence-corrected chi connectivity index (χ3v) is 6.88. The van der Waals surface area contributed by atoms with Crippen LogP contribution >= 0.6 is 0 Å². The van der Waals surface area contributed by atoms with Gasteiger partial charge in [0.25, 0.3) is 0 Å². The lowest BCUT2D eigenvalue weighted by Gasteiger charge is -2.37. The smallest absolute Gasteiger partial charge is 0.163 e. The number of nitrogens with zero attached hydrogens (tertiary/aromatic N) is 5. The molecule has 8 nitrogen and oxygen atoms in total. The predicted octanol–water partition coefficient (Wildman–Crippen LogP) is 3.23. The minimum Gasteiger partial charge on any atom is -0.383 e. The first-order valence-corrected chi connectivity index (χ1v) is 12.4. The Morgan fingerprint density at radius 2 is 1.91 bits per heavy atom. The maximum atomic E-state index is 11.7. The molecule has 0 bridgehead atoms. The van der Waals surface area contributed by atoms with Crippen LogP contribution in [0.1, 0.15) is 5.56 Å². The molecular formula is C24H26N6O2S. The van der Waals surface area contributed by atoms with E-state index in [9.17, 15) is 4.21 Å². The van der Waals surface area contributed by atoms with Crippen molar-refractivity contribution in [3.63, 3.8) is 0 Å². The molecule has 1 aliphatic rings. The SMILES string of the molecule is COCCN1CCN(Cc2ccc(S(C)=O)cc2)c2cnc(-c3cncc4[nH]ccc34)nc21. The number of fused-ring (bicyclic) bond motifs is 2. The van der Waals surface area contributed by atoms with Gasteiger partial charge in [0.2, 0.25) is 0 Å². The molecule has 0 saturated carbocycles. The van der Waals surface area contributed by atoms with E-state index in [1.54, 1.807) is 13.4 Å². The molecule has 0 amide bonds. The van der Waals surface area contributed by atoms with E-state index in [4.69, 9.17) is 14.7 Å². The number of nitrogens with one attached hydrogen (secondary N) is 1. The minimum atomic E-state index is -0.976. The fourth-order valence-corrected chi connectivity index (χ4v) is 4.69. The van der Waals surface area contributed by atoms with E-state index < -0.39 is 10.8 Å². The van der Waals surface area contributed by atoms with Crippen LogP contribution in [0.4, 0.5) is 11.5 Å². The number of anilines is 2. The highest BCUT2D eigenvalue weighted by molar-refractivity contribution is 7.84. The third kappa shape index (κ3) is 4.34. The van der Waals surface area contributed by atoms with Crippen molar-refractivity contribution in [1.29, 1.82) is 0 Å². The molecule has 1 aromatic carbocycles. The van der Waals surface area contributed by atoms with E-state index in [1.165, 1.54) is 0 Å². The number of hydrogen-bond donors (Lipinski definition) is 1. The van der Waals surface area contributed by atoms with Crippen LogP contribution in [0, 0.1) is 0 Å². The Labute approximate surface area is 195 Å². The second kappa shape index (κ2) is 9.29. The number of benzene rings is 1. The van der Waals surface area contributed by atoms with Crippen molar-refractivity contribution >= 4 is 33.2 Å². The summed E-state index contributed by atoms with van der Waals surface area (Å²) in [7, 11) is 0.740. The number of pyridine rings is 1. The summed E-state index contributed by atoms with van der Waals surface area (Å²) in [6.45, 7) is 3.83. The summed E-state index contributed by atoms with van der Waals surface area (Å²) in [6, 6.07) is 9.98. The molecule has 4 aromatic rings. The molecule has 1 aliphatic heterocycles. The van der Waals surface area contributed by atoms with E-state index in [-0.39, 0.29) is 0 Å². The summed E-state index contributed by atoms with van der Waals surface area (Å²) in [6.07, 6.45) is 9.14. The van der Waals surface area contributed by atoms with Crippen LogP contribution in [-0.4, -0.2) is 63.8 Å². The zero-order chi connectivity index (χ0) is 22.8. The molecule has 0 spiro atoms. The Kier molecular flexibility index (Phi) is 6.06. The van der Waals surface area contributed by atoms with Crippen molar-refractivity contribution in [2.24, 2.45) is 0 Å². The van der Waals surface area contributed by atoms with E-state index >= 15 is 0 Å². The van der Waals surface area contributed by atoms with Gasteiger partial charge < -0.3 is 19.5 Å². The number of hydrogen-bond acceptors (Lipinski definition) is 7. The molecule has 3 aromatic heterocycles. The van der Waals surface area contributed by atoms with Crippen molar-refractivity contribution in [2.45, 2.75) is 11.4 Å². The summed E-state index contributed by atoms with van der Waals surface area (Å²) in [5, 5.41) is 1.05. The second-order valence-corrected chi connectivity index (χ2v) is 9.41. The van der Waals surface area contributed by atoms with Crippen molar-refractivity contribution in [2.75, 3.05) is 49.4 Å². The first-order valence-electron chi connectivity index (χ1n) is 10.8. The van der Waals surface area contributed by atoms with Crippen LogP contribution in [0.25, 0.3) is 22.3 Å². The Morgan fingerprint density at radius 1 is 1.09 bits per heavy atom. The van der Waals surface area contributed by atoms with Gasteiger partial charge >= 0.3 is 0 Å². The summed E-state index contributed by atoms with van der Waals surface area (Å²) in [5.74, 6) is 1.56. The number of methoxy groups -OCH3 is 1. The van der Waals surface area contributed by atoms with E-state index in [1.807, 2.05) is 55.1 Å². The molecule has 4 heterocycles. The lowest BCUT2D eigenvalue weighted by Crippen LogP contribution is -2.43. The highest BCUT2D eigenvalue weighted by atomic mass is 32.2. The molecule has 5 rings (SSSR count). The Hall–Kier alpha value is -3.30. The second-order valence-electron chi connectivity index (χ2n) is 8.03. The van der Waals surface area contributed by atoms with E-state index in [2.05, 4.69) is 19.8 Å². The Morgan fingerprint density at radius 3 is 2.70 bits per heavy atom. The highest BCUT2D eigenvalue weighted by Gasteiger charge is 2.26. The summed E-state index contributed by atoms with van der Waals surface area (Å²) in [5.41, 5.74) is 4.02. The van der Waals surface area contributed by atoms with Gasteiger partial charge in [-0.3, -0.25) is 9.19 Å². The number of aromatic nitrogens is 4. The zero-order valence-corrected chi connectivity index (χ0v) is 19.5. The topological polar surface area (TPSA) is 87.2 Å². The van der Waals surface area contributed by atoms with Gasteiger partial charge in [-0.05, 0) is 23.8 Å². The van der Waals surface area contributed by atoms with Crippen molar-refractivity contribution < 1.29 is 8.95 Å². The molecule has 9 heteroatoms. The van der Waals surface area contributed by atoms with Gasteiger partial charge in [-0.2, -0.15) is 0 Å². The van der Waals surface area contributed by atoms with E-state index in [0.29, 0.717) is 12.4 Å². The summed E-state index contributed by atoms with van der Waals surface area (Å²) < 4.78 is 17.0. The number of ether oxygens (including phenoxy) is 1. The number of rotatable bonds is 7. The van der Waals surface area contributed by atoms with Gasteiger partial charge in [0.15, 0.2) is 11.6 Å². The van der Waals surface area contributed by atoms with E-state index in [0.717, 1.165) is 64.6 Å². The zero-order valence-electron chi connectivity index (χ0n) is 18.7. The monoisotopic (exact) mass is 462 g/mol. The molecule has 1 atom stereocenters. The molecule has 0 radical (unpaired) electrons. The summed E-state index contributed by atoms with van der Waals surface area (Å²) in [4.78, 5) is 22.7. The maximum absolute atomic E-state index is 11.7. The van der Waals surface area contributed by atoms with Gasteiger partial charge in [-0.1, -0.05) is 12.1 Å². The summed E-state index contributed by atoms with van der Waals surface area (Å²) >= 11 is 0. The highest BCUT2D eigenvalue weighted by Crippen LogP contribution is 2.34. The largest absolute Gasteiger partial charge is 0.383 e. The van der Waals surface area contributed by atoms with Gasteiger partial charge in [0, 0.05) is 78.6 Å². The van der Waals surface area contributed by atoms with Crippen LogP contribution in [0.3, 0.4) is 0 Å². The first kappa shape index (κ1) is 21.5. The molecule has 170 valence electrons. The molecule has 33 heavy (non-hydrogen) atoms. The number of H-pyrrole nitrogens is 1. The van der Waals surface area contributed by atoms with Crippen molar-refractivity contribution in [3.8, 4) is 11.4 Å². The Bertz CT molecular complexity index is 1290. The van der Waals surface area contributed by atoms with Gasteiger partial charge in [-0.25, -0.2) is 9.97 Å². The third-order valence-electron chi connectivity index (χ3n) is 5.94. The number of aromatic amines is 1. The quantitative estimate of drug-likeness (QED) is 0.451. The standard InChI is InChI=1S/C24H26N6O2S/c1-32-12-11-29-9-10-30(16-17-3-5-18(6-4-17)33(2)31)22-15-27-23(28-24(22)29)20-13-25-14-21-19(20)7-8-26-21/h3-8,13-15,26H,9-12,16H2,1-2H3. The fourth-order valence-electron chi connectivity index (χ4n) is 4.17. The molecule has 0 aliphatic carbocycles. The average molecular weight is 463 g/mol. The Balaban J connectivity index is 1.50. The maximum Gasteiger partial charge on any atom is 0.163 e. The van der Waals surface area contributed by atoms with Gasteiger partial charge in [0.05, 0.1) is 30.2 Å². The molecular weight excluding hydrogens is 436 g/mol. The van der Waals surface area contributed by atoms with Crippen LogP contribution in [0.2, 0.25) is 0 Å². The van der Waals surface area contributed by atoms with Crippen LogP contribution in [0.5, 0.6) is 0 Å². The molecule has 0 saturated heterocycles. The normalized spacial score (nSPS) is 14.5.